The van der Waals surface area contributed by atoms with Crippen molar-refractivity contribution in [1.82, 2.24) is 5.32 Å². The summed E-state index contributed by atoms with van der Waals surface area (Å²) in [6.07, 6.45) is 1.52. The molecule has 2 amide bonds. The number of hydrogen-bond donors (Lipinski definition) is 1. The number of anilines is 1. The minimum atomic E-state index is -0.552. The van der Waals surface area contributed by atoms with Crippen molar-refractivity contribution in [2.75, 3.05) is 11.4 Å². The monoisotopic (exact) mass is 260 g/mol. The molecule has 19 heavy (non-hydrogen) atoms. The zero-order valence-electron chi connectivity index (χ0n) is 10.8. The molecular formula is C14H16N2O3. The highest BCUT2D eigenvalue weighted by molar-refractivity contribution is 6.03. The number of carbonyl (C=O) groups excluding carboxylic acids is 2. The molecule has 1 fully saturated rings. The van der Waals surface area contributed by atoms with Gasteiger partial charge in [0.1, 0.15) is 12.3 Å². The molecule has 0 spiro atoms. The number of nitrogens with one attached hydrogen (secondary N) is 1. The molecule has 1 aromatic carbocycles. The van der Waals surface area contributed by atoms with Crippen LogP contribution in [0.15, 0.2) is 24.3 Å². The maximum atomic E-state index is 12.1. The second-order valence-electron chi connectivity index (χ2n) is 4.99. The van der Waals surface area contributed by atoms with E-state index < -0.39 is 6.10 Å². The molecule has 2 aliphatic rings. The van der Waals surface area contributed by atoms with Crippen LogP contribution in [0.5, 0.6) is 5.75 Å². The molecule has 5 heteroatoms. The SMILES string of the molecule is CC1Oc2ccccc2N(CC(=O)NC2CC2)C1=O. The number of amides is 2. The van der Waals surface area contributed by atoms with E-state index in [1.807, 2.05) is 18.2 Å². The molecule has 1 N–H and O–H groups in total. The first-order chi connectivity index (χ1) is 9.15. The second-order valence-corrected chi connectivity index (χ2v) is 4.99. The summed E-state index contributed by atoms with van der Waals surface area (Å²) in [5.74, 6) is 0.359. The summed E-state index contributed by atoms with van der Waals surface area (Å²) < 4.78 is 5.53. The van der Waals surface area contributed by atoms with Crippen LogP contribution < -0.4 is 15.0 Å². The minimum Gasteiger partial charge on any atom is -0.479 e. The van der Waals surface area contributed by atoms with Crippen LogP contribution in [0.4, 0.5) is 5.69 Å². The molecule has 1 unspecified atom stereocenters. The average molecular weight is 260 g/mol. The molecule has 3 rings (SSSR count). The van der Waals surface area contributed by atoms with E-state index in [-0.39, 0.29) is 18.4 Å². The quantitative estimate of drug-likeness (QED) is 0.884. The lowest BCUT2D eigenvalue weighted by molar-refractivity contribution is -0.128. The molecule has 1 atom stereocenters. The van der Waals surface area contributed by atoms with Gasteiger partial charge in [-0.1, -0.05) is 12.1 Å². The molecule has 1 aromatic rings. The number of benzene rings is 1. The Hall–Kier alpha value is -2.04. The number of ether oxygens (including phenoxy) is 1. The van der Waals surface area contributed by atoms with Crippen molar-refractivity contribution in [1.29, 1.82) is 0 Å². The Morgan fingerprint density at radius 1 is 1.42 bits per heavy atom. The molecule has 0 bridgehead atoms. The van der Waals surface area contributed by atoms with E-state index in [2.05, 4.69) is 5.32 Å². The van der Waals surface area contributed by atoms with Crippen LogP contribution in [-0.2, 0) is 9.59 Å². The van der Waals surface area contributed by atoms with Crippen LogP contribution in [0, 0.1) is 0 Å². The summed E-state index contributed by atoms with van der Waals surface area (Å²) in [7, 11) is 0. The van der Waals surface area contributed by atoms with Gasteiger partial charge in [-0.2, -0.15) is 0 Å². The molecule has 0 radical (unpaired) electrons. The average Bonchev–Trinajstić information content (AvgIpc) is 3.19. The van der Waals surface area contributed by atoms with Crippen LogP contribution in [0.25, 0.3) is 0 Å². The van der Waals surface area contributed by atoms with E-state index in [0.717, 1.165) is 12.8 Å². The van der Waals surface area contributed by atoms with Crippen molar-refractivity contribution < 1.29 is 14.3 Å². The van der Waals surface area contributed by atoms with Crippen molar-refractivity contribution in [2.45, 2.75) is 31.9 Å². The summed E-state index contributed by atoms with van der Waals surface area (Å²) in [4.78, 5) is 25.5. The minimum absolute atomic E-state index is 0.0556. The van der Waals surface area contributed by atoms with Gasteiger partial charge in [0.25, 0.3) is 5.91 Å². The van der Waals surface area contributed by atoms with E-state index in [1.54, 1.807) is 13.0 Å². The number of hydrogen-bond acceptors (Lipinski definition) is 3. The Labute approximate surface area is 111 Å². The fraction of sp³-hybridized carbons (Fsp3) is 0.429. The third-order valence-corrected chi connectivity index (χ3v) is 3.32. The van der Waals surface area contributed by atoms with E-state index >= 15 is 0 Å². The predicted molar refractivity (Wildman–Crippen MR) is 70.0 cm³/mol. The van der Waals surface area contributed by atoms with Gasteiger partial charge in [-0.05, 0) is 31.9 Å². The van der Waals surface area contributed by atoms with E-state index in [0.29, 0.717) is 17.5 Å². The zero-order valence-corrected chi connectivity index (χ0v) is 10.8. The lowest BCUT2D eigenvalue weighted by Gasteiger charge is -2.32. The maximum Gasteiger partial charge on any atom is 0.268 e. The molecule has 0 saturated heterocycles. The maximum absolute atomic E-state index is 12.1. The number of para-hydroxylation sites is 2. The van der Waals surface area contributed by atoms with E-state index in [9.17, 15) is 9.59 Å². The molecule has 1 saturated carbocycles. The fourth-order valence-electron chi connectivity index (χ4n) is 2.17. The summed E-state index contributed by atoms with van der Waals surface area (Å²) in [6, 6.07) is 7.59. The first-order valence-electron chi connectivity index (χ1n) is 6.51. The molecule has 5 nitrogen and oxygen atoms in total. The molecule has 100 valence electrons. The summed E-state index contributed by atoms with van der Waals surface area (Å²) in [6.45, 7) is 1.75. The van der Waals surface area contributed by atoms with Crippen LogP contribution in [0.1, 0.15) is 19.8 Å². The van der Waals surface area contributed by atoms with Gasteiger partial charge in [0.05, 0.1) is 5.69 Å². The largest absolute Gasteiger partial charge is 0.479 e. The smallest absolute Gasteiger partial charge is 0.268 e. The van der Waals surface area contributed by atoms with Crippen molar-refractivity contribution in [2.24, 2.45) is 0 Å². The topological polar surface area (TPSA) is 58.6 Å². The first-order valence-corrected chi connectivity index (χ1v) is 6.51. The van der Waals surface area contributed by atoms with Crippen LogP contribution in [0.3, 0.4) is 0 Å². The Balaban J connectivity index is 1.81. The highest BCUT2D eigenvalue weighted by atomic mass is 16.5. The molecule has 1 aliphatic heterocycles. The van der Waals surface area contributed by atoms with Crippen molar-refractivity contribution in [3.8, 4) is 5.75 Å². The van der Waals surface area contributed by atoms with Crippen molar-refractivity contribution >= 4 is 17.5 Å². The van der Waals surface area contributed by atoms with Gasteiger partial charge in [0, 0.05) is 6.04 Å². The zero-order chi connectivity index (χ0) is 13.4. The normalized spacial score (nSPS) is 21.6. The summed E-state index contributed by atoms with van der Waals surface area (Å²) in [5.41, 5.74) is 0.663. The lowest BCUT2D eigenvalue weighted by Crippen LogP contribution is -2.49. The second kappa shape index (κ2) is 4.57. The molecular weight excluding hydrogens is 244 g/mol. The van der Waals surface area contributed by atoms with Gasteiger partial charge in [0.15, 0.2) is 6.10 Å². The lowest BCUT2D eigenvalue weighted by atomic mass is 10.2. The van der Waals surface area contributed by atoms with Crippen molar-refractivity contribution in [3.63, 3.8) is 0 Å². The van der Waals surface area contributed by atoms with Gasteiger partial charge in [-0.25, -0.2) is 0 Å². The third-order valence-electron chi connectivity index (χ3n) is 3.32. The van der Waals surface area contributed by atoms with Gasteiger partial charge in [-0.3, -0.25) is 14.5 Å². The summed E-state index contributed by atoms with van der Waals surface area (Å²) >= 11 is 0. The predicted octanol–water partition coefficient (Wildman–Crippen LogP) is 1.08. The molecule has 1 aliphatic carbocycles. The highest BCUT2D eigenvalue weighted by Gasteiger charge is 2.33. The number of carbonyl (C=O) groups is 2. The fourth-order valence-corrected chi connectivity index (χ4v) is 2.17. The Kier molecular flexibility index (Phi) is 2.89. The Bertz CT molecular complexity index is 525. The number of nitrogens with zero attached hydrogens (tertiary/aromatic N) is 1. The first kappa shape index (κ1) is 12.0. The number of rotatable bonds is 3. The molecule has 1 heterocycles. The van der Waals surface area contributed by atoms with E-state index in [4.69, 9.17) is 4.74 Å². The van der Waals surface area contributed by atoms with Crippen LogP contribution >= 0.6 is 0 Å². The highest BCUT2D eigenvalue weighted by Crippen LogP contribution is 2.33. The Morgan fingerprint density at radius 2 is 2.16 bits per heavy atom. The van der Waals surface area contributed by atoms with Gasteiger partial charge >= 0.3 is 0 Å². The van der Waals surface area contributed by atoms with Crippen LogP contribution in [0.2, 0.25) is 0 Å². The van der Waals surface area contributed by atoms with Gasteiger partial charge < -0.3 is 10.1 Å². The summed E-state index contributed by atoms with van der Waals surface area (Å²) in [5, 5.41) is 2.89. The van der Waals surface area contributed by atoms with Gasteiger partial charge in [0.2, 0.25) is 5.91 Å². The third kappa shape index (κ3) is 2.41. The van der Waals surface area contributed by atoms with E-state index in [1.165, 1.54) is 4.90 Å². The standard InChI is InChI=1S/C14H16N2O3/c1-9-14(18)16(8-13(17)15-10-6-7-10)11-4-2-3-5-12(11)19-9/h2-5,9-10H,6-8H2,1H3,(H,15,17). The van der Waals surface area contributed by atoms with Crippen molar-refractivity contribution in [3.05, 3.63) is 24.3 Å². The number of fused-ring (bicyclic) bond motifs is 1. The molecule has 0 aromatic heterocycles. The van der Waals surface area contributed by atoms with Gasteiger partial charge in [-0.15, -0.1) is 0 Å². The van der Waals surface area contributed by atoms with Crippen LogP contribution in [-0.4, -0.2) is 30.5 Å². The Morgan fingerprint density at radius 3 is 2.89 bits per heavy atom.